The third-order valence-corrected chi connectivity index (χ3v) is 6.67. The van der Waals surface area contributed by atoms with E-state index in [-0.39, 0.29) is 11.9 Å². The van der Waals surface area contributed by atoms with Crippen LogP contribution in [0.25, 0.3) is 17.1 Å². The van der Waals surface area contributed by atoms with Crippen molar-refractivity contribution in [2.75, 3.05) is 5.32 Å². The molecule has 1 aromatic carbocycles. The summed E-state index contributed by atoms with van der Waals surface area (Å²) in [5, 5.41) is 14.1. The molecule has 3 heterocycles. The van der Waals surface area contributed by atoms with Crippen LogP contribution in [0.4, 0.5) is 5.69 Å². The van der Waals surface area contributed by atoms with E-state index in [4.69, 9.17) is 16.6 Å². The zero-order valence-electron chi connectivity index (χ0n) is 19.5. The lowest BCUT2D eigenvalue weighted by molar-refractivity contribution is -0.111. The Bertz CT molecular complexity index is 1530. The number of benzene rings is 1. The van der Waals surface area contributed by atoms with Gasteiger partial charge in [0.2, 0.25) is 5.91 Å². The quantitative estimate of drug-likeness (QED) is 0.280. The molecule has 7 heteroatoms. The van der Waals surface area contributed by atoms with Crippen LogP contribution in [0.15, 0.2) is 54.7 Å². The Labute approximate surface area is 208 Å². The Morgan fingerprint density at radius 1 is 1.26 bits per heavy atom. The number of carbonyl (C=O) groups excluding carboxylic acids is 1. The molecule has 5 rings (SSSR count). The summed E-state index contributed by atoms with van der Waals surface area (Å²) < 4.78 is 2.15. The van der Waals surface area contributed by atoms with Crippen LogP contribution < -0.4 is 5.32 Å². The minimum Gasteiger partial charge on any atom is -0.322 e. The van der Waals surface area contributed by atoms with Crippen molar-refractivity contribution in [2.24, 2.45) is 0 Å². The van der Waals surface area contributed by atoms with Gasteiger partial charge in [0.25, 0.3) is 0 Å². The highest BCUT2D eigenvalue weighted by Gasteiger charge is 2.28. The molecule has 0 aliphatic heterocycles. The second-order valence-corrected chi connectivity index (χ2v) is 9.21. The highest BCUT2D eigenvalue weighted by Crippen LogP contribution is 2.39. The van der Waals surface area contributed by atoms with Gasteiger partial charge in [0, 0.05) is 29.0 Å². The summed E-state index contributed by atoms with van der Waals surface area (Å²) in [5.41, 5.74) is 7.00. The average Bonchev–Trinajstić information content (AvgIpc) is 3.15. The number of halogens is 1. The number of nitrogens with zero attached hydrogens (tertiary/aromatic N) is 4. The number of nitrogens with one attached hydrogen (secondary N) is 1. The Morgan fingerprint density at radius 3 is 2.89 bits per heavy atom. The van der Waals surface area contributed by atoms with E-state index in [9.17, 15) is 10.1 Å². The summed E-state index contributed by atoms with van der Waals surface area (Å²) in [6.45, 7) is 3.97. The number of nitriles is 1. The smallest absolute Gasteiger partial charge is 0.248 e. The van der Waals surface area contributed by atoms with Crippen molar-refractivity contribution < 1.29 is 4.79 Å². The molecule has 3 aromatic heterocycles. The van der Waals surface area contributed by atoms with E-state index < -0.39 is 0 Å². The standard InChI is InChI=1S/C28H24ClN5O/c1-17-14-18(2)32-28-27(17)22(16-30)24(10-11-26(35)33-20-12-13-31-25(29)15-20)34(28)23-9-5-7-19-6-3-4-8-21(19)23/h3-4,6,8,10-15,23H,5,7,9H2,1-2H3,(H,31,33,35)/b11-10+/t23-/m0/s1. The van der Waals surface area contributed by atoms with Crippen LogP contribution in [0.1, 0.15) is 52.5 Å². The zero-order chi connectivity index (χ0) is 24.5. The van der Waals surface area contributed by atoms with E-state index in [1.54, 1.807) is 18.2 Å². The average molecular weight is 482 g/mol. The van der Waals surface area contributed by atoms with Gasteiger partial charge in [0.05, 0.1) is 17.3 Å². The number of fused-ring (bicyclic) bond motifs is 2. The molecule has 0 spiro atoms. The summed E-state index contributed by atoms with van der Waals surface area (Å²) in [6, 6.07) is 16.1. The Morgan fingerprint density at radius 2 is 2.09 bits per heavy atom. The molecule has 0 fully saturated rings. The molecule has 35 heavy (non-hydrogen) atoms. The first-order valence-corrected chi connectivity index (χ1v) is 11.9. The van der Waals surface area contributed by atoms with Crippen molar-refractivity contribution in [2.45, 2.75) is 39.2 Å². The van der Waals surface area contributed by atoms with E-state index >= 15 is 0 Å². The zero-order valence-corrected chi connectivity index (χ0v) is 20.3. The molecule has 1 amide bonds. The van der Waals surface area contributed by atoms with Crippen molar-refractivity contribution in [3.8, 4) is 6.07 Å². The first-order valence-electron chi connectivity index (χ1n) is 11.6. The maximum atomic E-state index is 12.7. The van der Waals surface area contributed by atoms with Gasteiger partial charge < -0.3 is 9.88 Å². The van der Waals surface area contributed by atoms with Crippen LogP contribution in [0, 0.1) is 25.2 Å². The fourth-order valence-electron chi connectivity index (χ4n) is 5.07. The number of amides is 1. The highest BCUT2D eigenvalue weighted by atomic mass is 35.5. The second-order valence-electron chi connectivity index (χ2n) is 8.82. The SMILES string of the molecule is Cc1cc(C)c2c(C#N)c(/C=C/C(=O)Nc3ccnc(Cl)c3)n([C@H]3CCCc4ccccc43)c2n1. The first kappa shape index (κ1) is 22.8. The first-order chi connectivity index (χ1) is 17.0. The molecule has 1 N–H and O–H groups in total. The molecule has 0 saturated carbocycles. The maximum Gasteiger partial charge on any atom is 0.248 e. The molecule has 4 aromatic rings. The topological polar surface area (TPSA) is 83.6 Å². The van der Waals surface area contributed by atoms with Crippen molar-refractivity contribution in [1.82, 2.24) is 14.5 Å². The number of hydrogen-bond acceptors (Lipinski definition) is 4. The van der Waals surface area contributed by atoms with Gasteiger partial charge >= 0.3 is 0 Å². The van der Waals surface area contributed by atoms with Crippen LogP contribution in [0.5, 0.6) is 0 Å². The second kappa shape index (κ2) is 9.36. The predicted octanol–water partition coefficient (Wildman–Crippen LogP) is 6.15. The highest BCUT2D eigenvalue weighted by molar-refractivity contribution is 6.29. The van der Waals surface area contributed by atoms with Gasteiger partial charge in [-0.05, 0) is 74.1 Å². The van der Waals surface area contributed by atoms with Crippen molar-refractivity contribution in [3.63, 3.8) is 0 Å². The molecule has 0 saturated heterocycles. The molecule has 174 valence electrons. The molecule has 1 atom stereocenters. The van der Waals surface area contributed by atoms with E-state index in [0.717, 1.165) is 41.6 Å². The van der Waals surface area contributed by atoms with Crippen molar-refractivity contribution >= 4 is 40.3 Å². The largest absolute Gasteiger partial charge is 0.322 e. The van der Waals surface area contributed by atoms with E-state index in [1.165, 1.54) is 23.4 Å². The predicted molar refractivity (Wildman–Crippen MR) is 138 cm³/mol. The third kappa shape index (κ3) is 4.31. The van der Waals surface area contributed by atoms with Gasteiger partial charge in [-0.1, -0.05) is 35.9 Å². The number of carbonyl (C=O) groups is 1. The van der Waals surface area contributed by atoms with Crippen LogP contribution in [-0.4, -0.2) is 20.4 Å². The monoisotopic (exact) mass is 481 g/mol. The molecule has 0 bridgehead atoms. The lowest BCUT2D eigenvalue weighted by atomic mass is 9.87. The van der Waals surface area contributed by atoms with Crippen LogP contribution in [0.3, 0.4) is 0 Å². The van der Waals surface area contributed by atoms with Gasteiger partial charge in [-0.2, -0.15) is 5.26 Å². The number of rotatable bonds is 4. The molecule has 1 aliphatic rings. The number of aromatic nitrogens is 3. The van der Waals surface area contributed by atoms with Gasteiger partial charge in [0.15, 0.2) is 0 Å². The minimum absolute atomic E-state index is 0.0277. The molecule has 0 radical (unpaired) electrons. The lowest BCUT2D eigenvalue weighted by Crippen LogP contribution is -2.19. The number of anilines is 1. The molecular formula is C28H24ClN5O. The molecule has 1 aliphatic carbocycles. The van der Waals surface area contributed by atoms with Crippen molar-refractivity contribution in [1.29, 1.82) is 5.26 Å². The van der Waals surface area contributed by atoms with Crippen molar-refractivity contribution in [3.05, 3.63) is 93.5 Å². The lowest BCUT2D eigenvalue weighted by Gasteiger charge is -2.28. The fraction of sp³-hybridized carbons (Fsp3) is 0.214. The summed E-state index contributed by atoms with van der Waals surface area (Å²) in [6.07, 6.45) is 7.72. The van der Waals surface area contributed by atoms with E-state index in [2.05, 4.69) is 45.2 Å². The molecule has 0 unspecified atom stereocenters. The molecule has 6 nitrogen and oxygen atoms in total. The van der Waals surface area contributed by atoms with Gasteiger partial charge in [-0.15, -0.1) is 0 Å². The van der Waals surface area contributed by atoms with E-state index in [0.29, 0.717) is 22.1 Å². The summed E-state index contributed by atoms with van der Waals surface area (Å²) in [7, 11) is 0. The summed E-state index contributed by atoms with van der Waals surface area (Å²) in [5.74, 6) is -0.321. The number of aryl methyl sites for hydroxylation is 3. The van der Waals surface area contributed by atoms with Gasteiger partial charge in [-0.25, -0.2) is 9.97 Å². The molecular weight excluding hydrogens is 458 g/mol. The Kier molecular flexibility index (Phi) is 6.10. The Balaban J connectivity index is 1.66. The number of hydrogen-bond donors (Lipinski definition) is 1. The Hall–Kier alpha value is -3.95. The van der Waals surface area contributed by atoms with Crippen LogP contribution in [-0.2, 0) is 11.2 Å². The third-order valence-electron chi connectivity index (χ3n) is 6.47. The van der Waals surface area contributed by atoms with Crippen LogP contribution >= 0.6 is 11.6 Å². The number of pyridine rings is 2. The summed E-state index contributed by atoms with van der Waals surface area (Å²) >= 11 is 5.93. The minimum atomic E-state index is -0.321. The van der Waals surface area contributed by atoms with Gasteiger partial charge in [-0.3, -0.25) is 4.79 Å². The van der Waals surface area contributed by atoms with Crippen LogP contribution in [0.2, 0.25) is 5.15 Å². The summed E-state index contributed by atoms with van der Waals surface area (Å²) in [4.78, 5) is 21.6. The maximum absolute atomic E-state index is 12.7. The normalized spacial score (nSPS) is 15.2. The fourth-order valence-corrected chi connectivity index (χ4v) is 5.24. The van der Waals surface area contributed by atoms with E-state index in [1.807, 2.05) is 19.9 Å². The van der Waals surface area contributed by atoms with Gasteiger partial charge in [0.1, 0.15) is 16.9 Å².